The maximum Gasteiger partial charge on any atom is 0.410 e. The fraction of sp³-hybridized carbons (Fsp3) is 0.600. The molecule has 4 nitrogen and oxygen atoms in total. The molecule has 1 aromatic rings. The number of Topliss-reactive ketones (excluding diaryl/α,β-unsaturated/α-hetero) is 1. The Morgan fingerprint density at radius 3 is 2.54 bits per heavy atom. The lowest BCUT2D eigenvalue weighted by atomic mass is 9.80. The van der Waals surface area contributed by atoms with Crippen molar-refractivity contribution < 1.29 is 14.3 Å². The molecule has 1 amide bonds. The fourth-order valence-corrected chi connectivity index (χ4v) is 3.99. The Morgan fingerprint density at radius 2 is 1.79 bits per heavy atom. The van der Waals surface area contributed by atoms with Gasteiger partial charge in [0.05, 0.1) is 0 Å². The number of likely N-dealkylation sites (tertiary alicyclic amines) is 1. The molecule has 1 aliphatic heterocycles. The number of hydrogen-bond donors (Lipinski definition) is 0. The number of rotatable bonds is 3. The fourth-order valence-electron chi connectivity index (χ4n) is 3.99. The van der Waals surface area contributed by atoms with Crippen LogP contribution >= 0.6 is 0 Å². The van der Waals surface area contributed by atoms with E-state index in [4.69, 9.17) is 4.74 Å². The molecule has 1 heterocycles. The third-order valence-corrected chi connectivity index (χ3v) is 5.44. The molecular weight excluding hydrogens is 302 g/mol. The van der Waals surface area contributed by atoms with Gasteiger partial charge in [0.15, 0.2) is 0 Å². The number of ether oxygens (including phenoxy) is 1. The summed E-state index contributed by atoms with van der Waals surface area (Å²) < 4.78 is 5.42. The normalized spacial score (nSPS) is 22.9. The molecule has 0 N–H and O–H groups in total. The highest BCUT2D eigenvalue weighted by Crippen LogP contribution is 2.33. The standard InChI is InChI=1S/C20H27NO3/c22-19-9-5-4-8-18(14-19)17-10-12-21(13-11-17)20(23)24-15-16-6-2-1-3-7-16/h1-3,6-7,17-18H,4-5,8-15H2/t18-/m0/s1. The van der Waals surface area contributed by atoms with Crippen LogP contribution in [0.15, 0.2) is 30.3 Å². The highest BCUT2D eigenvalue weighted by molar-refractivity contribution is 5.78. The van der Waals surface area contributed by atoms with Crippen molar-refractivity contribution in [2.45, 2.75) is 51.6 Å². The lowest BCUT2D eigenvalue weighted by Gasteiger charge is -2.35. The highest BCUT2D eigenvalue weighted by atomic mass is 16.6. The summed E-state index contributed by atoms with van der Waals surface area (Å²) in [7, 11) is 0. The van der Waals surface area contributed by atoms with E-state index in [1.807, 2.05) is 35.2 Å². The third-order valence-electron chi connectivity index (χ3n) is 5.44. The van der Waals surface area contributed by atoms with Gasteiger partial charge in [-0.15, -0.1) is 0 Å². The summed E-state index contributed by atoms with van der Waals surface area (Å²) in [4.78, 5) is 25.9. The molecule has 0 unspecified atom stereocenters. The van der Waals surface area contributed by atoms with Gasteiger partial charge in [-0.25, -0.2) is 4.79 Å². The maximum absolute atomic E-state index is 12.2. The van der Waals surface area contributed by atoms with E-state index >= 15 is 0 Å². The summed E-state index contributed by atoms with van der Waals surface area (Å²) in [6.45, 7) is 1.84. The molecule has 130 valence electrons. The van der Waals surface area contributed by atoms with Crippen LogP contribution in [0.3, 0.4) is 0 Å². The smallest absolute Gasteiger partial charge is 0.410 e. The average Bonchev–Trinajstić information content (AvgIpc) is 2.85. The lowest BCUT2D eigenvalue weighted by molar-refractivity contribution is -0.120. The number of hydrogen-bond acceptors (Lipinski definition) is 3. The number of amides is 1. The van der Waals surface area contributed by atoms with E-state index in [1.54, 1.807) is 0 Å². The van der Waals surface area contributed by atoms with Gasteiger partial charge in [0, 0.05) is 25.9 Å². The highest BCUT2D eigenvalue weighted by Gasteiger charge is 2.30. The van der Waals surface area contributed by atoms with Gasteiger partial charge in [0.2, 0.25) is 0 Å². The minimum Gasteiger partial charge on any atom is -0.445 e. The molecule has 1 saturated carbocycles. The van der Waals surface area contributed by atoms with Crippen LogP contribution in [-0.2, 0) is 16.1 Å². The topological polar surface area (TPSA) is 46.6 Å². The van der Waals surface area contributed by atoms with Gasteiger partial charge in [-0.2, -0.15) is 0 Å². The number of ketones is 1. The summed E-state index contributed by atoms with van der Waals surface area (Å²) in [5.41, 5.74) is 1.01. The van der Waals surface area contributed by atoms with Crippen LogP contribution in [0.5, 0.6) is 0 Å². The minimum atomic E-state index is -0.214. The maximum atomic E-state index is 12.2. The van der Waals surface area contributed by atoms with Crippen molar-refractivity contribution in [3.05, 3.63) is 35.9 Å². The summed E-state index contributed by atoms with van der Waals surface area (Å²) in [5.74, 6) is 1.55. The molecule has 0 aromatic heterocycles. The quantitative estimate of drug-likeness (QED) is 0.781. The molecule has 1 aromatic carbocycles. The molecule has 1 atom stereocenters. The van der Waals surface area contributed by atoms with Crippen LogP contribution in [0, 0.1) is 11.8 Å². The first kappa shape index (κ1) is 17.0. The molecule has 0 radical (unpaired) electrons. The molecule has 1 saturated heterocycles. The zero-order valence-electron chi connectivity index (χ0n) is 14.3. The van der Waals surface area contributed by atoms with E-state index in [9.17, 15) is 9.59 Å². The summed E-state index contributed by atoms with van der Waals surface area (Å²) in [6.07, 6.45) is 6.71. The van der Waals surface area contributed by atoms with E-state index in [1.165, 1.54) is 12.8 Å². The van der Waals surface area contributed by atoms with Crippen molar-refractivity contribution in [1.82, 2.24) is 4.90 Å². The molecule has 2 aliphatic rings. The van der Waals surface area contributed by atoms with Crippen LogP contribution in [0.4, 0.5) is 4.79 Å². The van der Waals surface area contributed by atoms with Crippen LogP contribution < -0.4 is 0 Å². The summed E-state index contributed by atoms with van der Waals surface area (Å²) >= 11 is 0. The van der Waals surface area contributed by atoms with Gasteiger partial charge in [-0.1, -0.05) is 36.8 Å². The Kier molecular flexibility index (Phi) is 5.89. The zero-order valence-corrected chi connectivity index (χ0v) is 14.3. The molecule has 1 aliphatic carbocycles. The van der Waals surface area contributed by atoms with Gasteiger partial charge in [0.25, 0.3) is 0 Å². The van der Waals surface area contributed by atoms with Crippen molar-refractivity contribution in [1.29, 1.82) is 0 Å². The number of benzene rings is 1. The van der Waals surface area contributed by atoms with Gasteiger partial charge >= 0.3 is 6.09 Å². The van der Waals surface area contributed by atoms with Crippen molar-refractivity contribution in [2.75, 3.05) is 13.1 Å². The van der Waals surface area contributed by atoms with Gasteiger partial charge in [-0.3, -0.25) is 4.79 Å². The molecule has 24 heavy (non-hydrogen) atoms. The van der Waals surface area contributed by atoms with Crippen LogP contribution in [0.1, 0.15) is 50.5 Å². The number of nitrogens with zero attached hydrogens (tertiary/aromatic N) is 1. The first-order valence-electron chi connectivity index (χ1n) is 9.19. The Bertz CT molecular complexity index is 549. The van der Waals surface area contributed by atoms with E-state index in [-0.39, 0.29) is 6.09 Å². The number of carbonyl (C=O) groups is 2. The third kappa shape index (κ3) is 4.59. The van der Waals surface area contributed by atoms with E-state index in [0.29, 0.717) is 24.2 Å². The van der Waals surface area contributed by atoms with E-state index < -0.39 is 0 Å². The number of piperidine rings is 1. The van der Waals surface area contributed by atoms with Crippen molar-refractivity contribution in [3.63, 3.8) is 0 Å². The predicted molar refractivity (Wildman–Crippen MR) is 92.5 cm³/mol. The molecule has 3 rings (SSSR count). The first-order chi connectivity index (χ1) is 11.7. The Morgan fingerprint density at radius 1 is 1.04 bits per heavy atom. The monoisotopic (exact) mass is 329 g/mol. The largest absolute Gasteiger partial charge is 0.445 e. The predicted octanol–water partition coefficient (Wildman–Crippen LogP) is 4.18. The second-order valence-electron chi connectivity index (χ2n) is 7.11. The van der Waals surface area contributed by atoms with Gasteiger partial charge in [0.1, 0.15) is 12.4 Å². The van der Waals surface area contributed by atoms with E-state index in [2.05, 4.69) is 0 Å². The van der Waals surface area contributed by atoms with Crippen LogP contribution in [0.25, 0.3) is 0 Å². The van der Waals surface area contributed by atoms with Gasteiger partial charge in [-0.05, 0) is 43.1 Å². The molecule has 4 heteroatoms. The van der Waals surface area contributed by atoms with Crippen LogP contribution in [0.2, 0.25) is 0 Å². The summed E-state index contributed by atoms with van der Waals surface area (Å²) in [5, 5.41) is 0. The van der Waals surface area contributed by atoms with Crippen LogP contribution in [-0.4, -0.2) is 29.9 Å². The lowest BCUT2D eigenvalue weighted by Crippen LogP contribution is -2.40. The Hall–Kier alpha value is -1.84. The molecular formula is C20H27NO3. The average molecular weight is 329 g/mol. The van der Waals surface area contributed by atoms with Crippen molar-refractivity contribution in [2.24, 2.45) is 11.8 Å². The first-order valence-corrected chi connectivity index (χ1v) is 9.19. The van der Waals surface area contributed by atoms with Crippen molar-refractivity contribution >= 4 is 11.9 Å². The second-order valence-corrected chi connectivity index (χ2v) is 7.11. The SMILES string of the molecule is O=C1CCCC[C@H](C2CCN(C(=O)OCc3ccccc3)CC2)C1. The minimum absolute atomic E-state index is 0.214. The Balaban J connectivity index is 1.44. The van der Waals surface area contributed by atoms with Gasteiger partial charge < -0.3 is 9.64 Å². The summed E-state index contributed by atoms with van der Waals surface area (Å²) in [6, 6.07) is 9.77. The molecule has 0 spiro atoms. The number of carbonyl (C=O) groups excluding carboxylic acids is 2. The second kappa shape index (κ2) is 8.32. The Labute approximate surface area is 144 Å². The zero-order chi connectivity index (χ0) is 16.8. The molecule has 2 fully saturated rings. The van der Waals surface area contributed by atoms with E-state index in [0.717, 1.165) is 50.8 Å². The molecule has 0 bridgehead atoms. The van der Waals surface area contributed by atoms with Crippen molar-refractivity contribution in [3.8, 4) is 0 Å².